The summed E-state index contributed by atoms with van der Waals surface area (Å²) in [5, 5.41) is 3.60. The van der Waals surface area contributed by atoms with Gasteiger partial charge in [-0.05, 0) is 31.5 Å². The number of ether oxygens (including phenoxy) is 1. The molecule has 1 fully saturated rings. The summed E-state index contributed by atoms with van der Waals surface area (Å²) < 4.78 is 5.38. The van der Waals surface area contributed by atoms with E-state index < -0.39 is 12.0 Å². The van der Waals surface area contributed by atoms with E-state index in [0.29, 0.717) is 53.1 Å². The summed E-state index contributed by atoms with van der Waals surface area (Å²) in [6, 6.07) is 3.98. The molecule has 0 spiro atoms. The van der Waals surface area contributed by atoms with E-state index in [1.807, 2.05) is 25.7 Å². The molecular formula is C24H32Cl2N4O4. The molecule has 2 heterocycles. The van der Waals surface area contributed by atoms with Gasteiger partial charge in [-0.25, -0.2) is 9.59 Å². The molecule has 3 amide bonds. The Balaban J connectivity index is 1.96. The fourth-order valence-electron chi connectivity index (χ4n) is 4.39. The third kappa shape index (κ3) is 5.50. The van der Waals surface area contributed by atoms with E-state index in [1.165, 1.54) is 4.90 Å². The van der Waals surface area contributed by atoms with E-state index in [0.717, 1.165) is 0 Å². The van der Waals surface area contributed by atoms with Crippen LogP contribution in [0, 0.1) is 5.92 Å². The number of amides is 3. The molecule has 1 N–H and O–H groups in total. The number of halogens is 2. The van der Waals surface area contributed by atoms with Crippen molar-refractivity contribution in [1.29, 1.82) is 0 Å². The maximum Gasteiger partial charge on any atom is 0.338 e. The maximum absolute atomic E-state index is 13.1. The van der Waals surface area contributed by atoms with Gasteiger partial charge in [-0.15, -0.1) is 0 Å². The molecule has 0 aromatic heterocycles. The van der Waals surface area contributed by atoms with Gasteiger partial charge in [0.25, 0.3) is 0 Å². The topological polar surface area (TPSA) is 82.2 Å². The highest BCUT2D eigenvalue weighted by Crippen LogP contribution is 2.34. The zero-order chi connectivity index (χ0) is 25.2. The van der Waals surface area contributed by atoms with Crippen molar-refractivity contribution in [2.75, 3.05) is 39.8 Å². The SMILES string of the molecule is CCOC(=O)C1=C(CN2CCN(C(=O)C(C)C)C(C)C2)N(C)C(=O)NC1c1ccc(Cl)c(Cl)c1. The van der Waals surface area contributed by atoms with Crippen LogP contribution in [0.25, 0.3) is 0 Å². The van der Waals surface area contributed by atoms with Crippen molar-refractivity contribution < 1.29 is 19.1 Å². The molecule has 0 bridgehead atoms. The van der Waals surface area contributed by atoms with Crippen molar-refractivity contribution in [2.45, 2.75) is 39.8 Å². The monoisotopic (exact) mass is 510 g/mol. The van der Waals surface area contributed by atoms with E-state index >= 15 is 0 Å². The van der Waals surface area contributed by atoms with Gasteiger partial charge in [-0.2, -0.15) is 0 Å². The minimum absolute atomic E-state index is 0.0175. The Kier molecular flexibility index (Phi) is 8.49. The number of nitrogens with zero attached hydrogens (tertiary/aromatic N) is 3. The van der Waals surface area contributed by atoms with Crippen LogP contribution in [0.2, 0.25) is 10.0 Å². The molecule has 0 saturated carbocycles. The number of carbonyl (C=O) groups is 3. The Bertz CT molecular complexity index is 997. The Labute approximate surface area is 210 Å². The van der Waals surface area contributed by atoms with Gasteiger partial charge in [0.2, 0.25) is 5.91 Å². The number of esters is 1. The summed E-state index contributed by atoms with van der Waals surface area (Å²) >= 11 is 12.3. The molecule has 186 valence electrons. The Morgan fingerprint density at radius 2 is 1.91 bits per heavy atom. The van der Waals surface area contributed by atoms with Crippen molar-refractivity contribution in [3.8, 4) is 0 Å². The second-order valence-electron chi connectivity index (χ2n) is 8.97. The fraction of sp³-hybridized carbons (Fsp3) is 0.542. The van der Waals surface area contributed by atoms with Crippen LogP contribution in [0.1, 0.15) is 39.3 Å². The van der Waals surface area contributed by atoms with Crippen LogP contribution >= 0.6 is 23.2 Å². The number of urea groups is 1. The van der Waals surface area contributed by atoms with Crippen LogP contribution in [0.3, 0.4) is 0 Å². The molecule has 3 rings (SSSR count). The molecule has 0 radical (unpaired) electrons. The summed E-state index contributed by atoms with van der Waals surface area (Å²) in [6.07, 6.45) is 0. The summed E-state index contributed by atoms with van der Waals surface area (Å²) in [7, 11) is 1.64. The lowest BCUT2D eigenvalue weighted by atomic mass is 9.94. The number of rotatable bonds is 6. The van der Waals surface area contributed by atoms with E-state index in [9.17, 15) is 14.4 Å². The van der Waals surface area contributed by atoms with Gasteiger partial charge in [-0.1, -0.05) is 43.1 Å². The molecule has 34 heavy (non-hydrogen) atoms. The highest BCUT2D eigenvalue weighted by molar-refractivity contribution is 6.42. The third-order valence-electron chi connectivity index (χ3n) is 6.21. The van der Waals surface area contributed by atoms with Gasteiger partial charge in [-0.3, -0.25) is 14.6 Å². The lowest BCUT2D eigenvalue weighted by Gasteiger charge is -2.42. The smallest absolute Gasteiger partial charge is 0.338 e. The van der Waals surface area contributed by atoms with Crippen LogP contribution in [-0.2, 0) is 14.3 Å². The first-order valence-electron chi connectivity index (χ1n) is 11.5. The third-order valence-corrected chi connectivity index (χ3v) is 6.95. The molecule has 2 atom stereocenters. The minimum atomic E-state index is -0.728. The number of piperazine rings is 1. The van der Waals surface area contributed by atoms with Crippen LogP contribution in [0.15, 0.2) is 29.5 Å². The first-order chi connectivity index (χ1) is 16.0. The van der Waals surface area contributed by atoms with Crippen LogP contribution in [0.5, 0.6) is 0 Å². The van der Waals surface area contributed by atoms with Crippen LogP contribution in [-0.4, -0.2) is 78.5 Å². The zero-order valence-electron chi connectivity index (χ0n) is 20.2. The molecule has 2 aliphatic rings. The second-order valence-corrected chi connectivity index (χ2v) is 9.78. The predicted octanol–water partition coefficient (Wildman–Crippen LogP) is 3.70. The number of hydrogen-bond donors (Lipinski definition) is 1. The molecule has 1 aromatic carbocycles. The maximum atomic E-state index is 13.1. The van der Waals surface area contributed by atoms with Crippen molar-refractivity contribution in [3.63, 3.8) is 0 Å². The highest BCUT2D eigenvalue weighted by Gasteiger charge is 2.38. The molecule has 1 aromatic rings. The highest BCUT2D eigenvalue weighted by atomic mass is 35.5. The normalized spacial score (nSPS) is 21.7. The van der Waals surface area contributed by atoms with Crippen molar-refractivity contribution in [1.82, 2.24) is 20.0 Å². The lowest BCUT2D eigenvalue weighted by Crippen LogP contribution is -2.56. The van der Waals surface area contributed by atoms with Crippen LogP contribution < -0.4 is 5.32 Å². The second kappa shape index (κ2) is 11.0. The van der Waals surface area contributed by atoms with E-state index in [1.54, 1.807) is 32.2 Å². The van der Waals surface area contributed by atoms with Gasteiger partial charge >= 0.3 is 12.0 Å². The lowest BCUT2D eigenvalue weighted by molar-refractivity contribution is -0.139. The first kappa shape index (κ1) is 26.3. The molecule has 2 aliphatic heterocycles. The number of likely N-dealkylation sites (N-methyl/N-ethyl adjacent to an activating group) is 1. The molecule has 1 saturated heterocycles. The van der Waals surface area contributed by atoms with Gasteiger partial charge < -0.3 is 15.0 Å². The summed E-state index contributed by atoms with van der Waals surface area (Å²) in [5.41, 5.74) is 1.56. The Morgan fingerprint density at radius 1 is 1.21 bits per heavy atom. The van der Waals surface area contributed by atoms with E-state index in [2.05, 4.69) is 10.2 Å². The number of hydrogen-bond acceptors (Lipinski definition) is 5. The molecular weight excluding hydrogens is 479 g/mol. The Hall–Kier alpha value is -2.29. The average molecular weight is 511 g/mol. The standard InChI is InChI=1S/C24H32Cl2N4O4/c1-6-34-23(32)20-19(13-29-9-10-30(15(4)12-29)22(31)14(2)3)28(5)24(33)27-21(20)16-7-8-17(25)18(26)11-16/h7-8,11,14-15,21H,6,9-10,12-13H2,1-5H3,(H,27,33). The number of nitrogens with one attached hydrogen (secondary N) is 1. The summed E-state index contributed by atoms with van der Waals surface area (Å²) in [6.45, 7) is 9.98. The first-order valence-corrected chi connectivity index (χ1v) is 12.2. The number of benzene rings is 1. The molecule has 8 nitrogen and oxygen atoms in total. The van der Waals surface area contributed by atoms with Gasteiger partial charge in [0, 0.05) is 50.9 Å². The van der Waals surface area contributed by atoms with E-state index in [4.69, 9.17) is 27.9 Å². The quantitative estimate of drug-likeness (QED) is 0.590. The molecule has 2 unspecified atom stereocenters. The number of carbonyl (C=O) groups excluding carboxylic acids is 3. The van der Waals surface area contributed by atoms with Gasteiger partial charge in [0.1, 0.15) is 0 Å². The van der Waals surface area contributed by atoms with Crippen molar-refractivity contribution in [2.24, 2.45) is 5.92 Å². The molecule has 0 aliphatic carbocycles. The van der Waals surface area contributed by atoms with Gasteiger partial charge in [0.15, 0.2) is 0 Å². The Morgan fingerprint density at radius 3 is 2.50 bits per heavy atom. The largest absolute Gasteiger partial charge is 0.463 e. The predicted molar refractivity (Wildman–Crippen MR) is 132 cm³/mol. The summed E-state index contributed by atoms with van der Waals surface area (Å²) in [4.78, 5) is 44.0. The van der Waals surface area contributed by atoms with Gasteiger partial charge in [0.05, 0.1) is 28.3 Å². The fourth-order valence-corrected chi connectivity index (χ4v) is 4.69. The average Bonchev–Trinajstić information content (AvgIpc) is 2.78. The van der Waals surface area contributed by atoms with E-state index in [-0.39, 0.29) is 30.5 Å². The van der Waals surface area contributed by atoms with Crippen molar-refractivity contribution >= 4 is 41.1 Å². The zero-order valence-corrected chi connectivity index (χ0v) is 21.7. The molecule has 10 heteroatoms. The minimum Gasteiger partial charge on any atom is -0.463 e. The summed E-state index contributed by atoms with van der Waals surface area (Å²) in [5.74, 6) is -0.429. The van der Waals surface area contributed by atoms with Crippen molar-refractivity contribution in [3.05, 3.63) is 45.1 Å². The van der Waals surface area contributed by atoms with Crippen LogP contribution in [0.4, 0.5) is 4.79 Å².